The van der Waals surface area contributed by atoms with Crippen LogP contribution in [-0.2, 0) is 12.8 Å². The fourth-order valence-electron chi connectivity index (χ4n) is 3.23. The maximum absolute atomic E-state index is 13.7. The highest BCUT2D eigenvalue weighted by Crippen LogP contribution is 2.15. The highest BCUT2D eigenvalue weighted by molar-refractivity contribution is 6.13. The van der Waals surface area contributed by atoms with Crippen molar-refractivity contribution in [1.29, 1.82) is 0 Å². The zero-order valence-electron chi connectivity index (χ0n) is 18.7. The van der Waals surface area contributed by atoms with Gasteiger partial charge in [-0.05, 0) is 97.8 Å². The van der Waals surface area contributed by atoms with E-state index in [9.17, 15) is 13.6 Å². The van der Waals surface area contributed by atoms with E-state index in [1.54, 1.807) is 18.3 Å². The molecular weight excluding hydrogens is 430 g/mol. The molecule has 0 bridgehead atoms. The zero-order valence-corrected chi connectivity index (χ0v) is 19.5. The van der Waals surface area contributed by atoms with E-state index in [4.69, 9.17) is 11.8 Å². The lowest BCUT2D eigenvalue weighted by Gasteiger charge is -2.05. The molecule has 1 aromatic heterocycles. The molecule has 0 unspecified atom stereocenters. The van der Waals surface area contributed by atoms with Crippen LogP contribution in [0.2, 0.25) is 0 Å². The van der Waals surface area contributed by atoms with Crippen LogP contribution in [0.15, 0.2) is 54.7 Å². The molecule has 170 valence electrons. The van der Waals surface area contributed by atoms with Crippen molar-refractivity contribution in [3.8, 4) is 0 Å². The van der Waals surface area contributed by atoms with Crippen molar-refractivity contribution in [2.45, 2.75) is 46.5 Å². The van der Waals surface area contributed by atoms with Gasteiger partial charge >= 0.3 is 0 Å². The van der Waals surface area contributed by atoms with E-state index in [0.29, 0.717) is 49.0 Å². The first kappa shape index (κ1) is 25.6. The number of nitrogens with zero attached hydrogens (tertiary/aromatic N) is 1. The number of benzene rings is 2. The van der Waals surface area contributed by atoms with Gasteiger partial charge in [-0.3, -0.25) is 9.78 Å². The second-order valence-electron chi connectivity index (χ2n) is 7.77. The Kier molecular flexibility index (Phi) is 10.4. The zero-order chi connectivity index (χ0) is 23.5. The molecule has 0 aliphatic carbocycles. The highest BCUT2D eigenvalue weighted by atomic mass is 35.5. The lowest BCUT2D eigenvalue weighted by molar-refractivity contribution is 0.0974. The average molecular weight is 459 g/mol. The second kappa shape index (κ2) is 13.0. The van der Waals surface area contributed by atoms with Crippen molar-refractivity contribution in [3.05, 3.63) is 99.9 Å². The van der Waals surface area contributed by atoms with Gasteiger partial charge in [0.2, 0.25) is 0 Å². The molecule has 0 saturated heterocycles. The Bertz CT molecular complexity index is 1040. The van der Waals surface area contributed by atoms with E-state index < -0.39 is 0 Å². The largest absolute Gasteiger partial charge is 0.292 e. The quantitative estimate of drug-likeness (QED) is 0.311. The van der Waals surface area contributed by atoms with E-state index in [1.165, 1.54) is 12.1 Å². The number of carbonyl (C=O) groups excluding carboxylic acids is 1. The fourth-order valence-corrected chi connectivity index (χ4v) is 3.32. The van der Waals surface area contributed by atoms with Gasteiger partial charge in [0.05, 0.1) is 0 Å². The molecule has 3 aromatic rings. The Hall–Kier alpha value is -2.63. The van der Waals surface area contributed by atoms with Gasteiger partial charge < -0.3 is 0 Å². The summed E-state index contributed by atoms with van der Waals surface area (Å²) in [6.07, 6.45) is 3.85. The van der Waals surface area contributed by atoms with Crippen LogP contribution >= 0.6 is 11.8 Å². The first-order valence-corrected chi connectivity index (χ1v) is 11.0. The molecule has 0 amide bonds. The van der Waals surface area contributed by atoms with Crippen LogP contribution in [0.25, 0.3) is 0 Å². The Balaban J connectivity index is 0.000000258. The summed E-state index contributed by atoms with van der Waals surface area (Å²) in [7, 11) is 0. The summed E-state index contributed by atoms with van der Waals surface area (Å²) in [5.74, 6) is -0.316. The third kappa shape index (κ3) is 8.13. The molecule has 0 aliphatic rings. The summed E-state index contributed by atoms with van der Waals surface area (Å²) in [5.41, 5.74) is 4.63. The third-order valence-electron chi connectivity index (χ3n) is 5.03. The number of Topliss-reactive ketones (excluding diaryl/α,β-unsaturated/α-hetero) is 1. The summed E-state index contributed by atoms with van der Waals surface area (Å²) in [4.78, 5) is 18.6. The number of nitrogens with one attached hydrogen (secondary N) is 1. The summed E-state index contributed by atoms with van der Waals surface area (Å²) in [6, 6.07) is 14.1. The highest BCUT2D eigenvalue weighted by Gasteiger charge is 2.10. The van der Waals surface area contributed by atoms with Gasteiger partial charge in [0.15, 0.2) is 5.78 Å². The molecule has 6 heteroatoms. The monoisotopic (exact) mass is 458 g/mol. The number of ketones is 1. The molecular formula is C26H29ClF2N2O. The molecule has 32 heavy (non-hydrogen) atoms. The number of aromatic nitrogens is 1. The van der Waals surface area contributed by atoms with E-state index in [-0.39, 0.29) is 17.4 Å². The Morgan fingerprint density at radius 3 is 2.06 bits per heavy atom. The summed E-state index contributed by atoms with van der Waals surface area (Å²) in [6.45, 7) is 6.19. The van der Waals surface area contributed by atoms with Crippen molar-refractivity contribution in [2.24, 2.45) is 0 Å². The van der Waals surface area contributed by atoms with Crippen LogP contribution in [0.5, 0.6) is 0 Å². The van der Waals surface area contributed by atoms with Crippen LogP contribution in [0, 0.1) is 32.4 Å². The van der Waals surface area contributed by atoms with E-state index >= 15 is 0 Å². The normalized spacial score (nSPS) is 10.4. The molecule has 0 atom stereocenters. The molecule has 0 saturated carbocycles. The van der Waals surface area contributed by atoms with Gasteiger partial charge in [0.1, 0.15) is 17.3 Å². The Labute approximate surface area is 194 Å². The molecule has 1 N–H and O–H groups in total. The van der Waals surface area contributed by atoms with Gasteiger partial charge in [-0.25, -0.2) is 13.6 Å². The van der Waals surface area contributed by atoms with E-state index in [0.717, 1.165) is 16.7 Å². The minimum Gasteiger partial charge on any atom is -0.292 e. The smallest absolute Gasteiger partial charge is 0.181 e. The van der Waals surface area contributed by atoms with Crippen molar-refractivity contribution in [3.63, 3.8) is 0 Å². The number of rotatable bonds is 8. The predicted molar refractivity (Wildman–Crippen MR) is 126 cm³/mol. The van der Waals surface area contributed by atoms with Crippen LogP contribution in [0.1, 0.15) is 51.1 Å². The molecule has 1 heterocycles. The number of hydrogen-bond acceptors (Lipinski definition) is 3. The summed E-state index contributed by atoms with van der Waals surface area (Å²) < 4.78 is 26.8. The number of pyridine rings is 1. The van der Waals surface area contributed by atoms with Crippen LogP contribution in [0.4, 0.5) is 8.78 Å². The second-order valence-corrected chi connectivity index (χ2v) is 8.04. The maximum atomic E-state index is 13.7. The number of hydrogen-bond donors (Lipinski definition) is 1. The minimum absolute atomic E-state index is 0.0237. The Morgan fingerprint density at radius 2 is 1.53 bits per heavy atom. The standard InChI is InChI=1S/C17H18FNO.C9H11ClFN/c1-12-8-9-14(15(18)11-12)6-3-7-16(20)17-13(2)5-4-10-19-17;1-7-2-3-8(4-5-12-10)9(11)6-7/h4-5,8-11H,3,6-7H2,1-2H3;2-3,6,12H,4-5H2,1H3. The molecule has 0 radical (unpaired) electrons. The van der Waals surface area contributed by atoms with Gasteiger partial charge in [-0.1, -0.05) is 30.3 Å². The molecule has 3 nitrogen and oxygen atoms in total. The van der Waals surface area contributed by atoms with E-state index in [1.807, 2.05) is 45.0 Å². The van der Waals surface area contributed by atoms with Gasteiger partial charge in [-0.2, -0.15) is 0 Å². The maximum Gasteiger partial charge on any atom is 0.181 e. The molecule has 3 rings (SSSR count). The fraction of sp³-hybridized carbons (Fsp3) is 0.308. The lowest BCUT2D eigenvalue weighted by Crippen LogP contribution is -2.05. The minimum atomic E-state index is -0.188. The number of carbonyl (C=O) groups is 1. The van der Waals surface area contributed by atoms with Crippen LogP contribution in [-0.4, -0.2) is 17.3 Å². The first-order chi connectivity index (χ1) is 15.3. The Morgan fingerprint density at radius 1 is 0.938 bits per heavy atom. The van der Waals surface area contributed by atoms with Crippen molar-refractivity contribution < 1.29 is 13.6 Å². The van der Waals surface area contributed by atoms with Gasteiger partial charge in [-0.15, -0.1) is 0 Å². The third-order valence-corrected chi connectivity index (χ3v) is 5.22. The van der Waals surface area contributed by atoms with Crippen molar-refractivity contribution >= 4 is 17.6 Å². The van der Waals surface area contributed by atoms with E-state index in [2.05, 4.69) is 9.82 Å². The number of aryl methyl sites for hydroxylation is 4. The summed E-state index contributed by atoms with van der Waals surface area (Å²) >= 11 is 5.26. The SMILES string of the molecule is Cc1ccc(CCCC(=O)c2ncccc2C)c(F)c1.Cc1ccc(CCNCl)c(F)c1. The molecule has 0 spiro atoms. The first-order valence-electron chi connectivity index (χ1n) is 10.6. The van der Waals surface area contributed by atoms with Crippen molar-refractivity contribution in [2.75, 3.05) is 6.54 Å². The van der Waals surface area contributed by atoms with Gasteiger partial charge in [0, 0.05) is 19.2 Å². The average Bonchev–Trinajstić information content (AvgIpc) is 2.75. The van der Waals surface area contributed by atoms with Gasteiger partial charge in [0.25, 0.3) is 0 Å². The lowest BCUT2D eigenvalue weighted by atomic mass is 10.0. The predicted octanol–water partition coefficient (Wildman–Crippen LogP) is 6.46. The molecule has 2 aromatic carbocycles. The molecule has 0 aliphatic heterocycles. The molecule has 0 fully saturated rings. The van der Waals surface area contributed by atoms with Crippen LogP contribution < -0.4 is 4.84 Å². The number of halogens is 3. The summed E-state index contributed by atoms with van der Waals surface area (Å²) in [5, 5.41) is 0. The topological polar surface area (TPSA) is 42.0 Å². The van der Waals surface area contributed by atoms with Crippen LogP contribution in [0.3, 0.4) is 0 Å². The van der Waals surface area contributed by atoms with Crippen molar-refractivity contribution in [1.82, 2.24) is 9.82 Å².